The molecule has 0 aliphatic carbocycles. The van der Waals surface area contributed by atoms with Crippen molar-refractivity contribution in [2.75, 3.05) is 0 Å². The zero-order valence-electron chi connectivity index (χ0n) is 12.1. The molecule has 120 valence electrons. The highest BCUT2D eigenvalue weighted by molar-refractivity contribution is 5.85. The SMILES string of the molecule is CC(C)C(NC(=O)[C@H](C)N)c1cccc(C(F)(F)F)c1.Cl. The normalized spacial score (nSPS) is 14.3. The van der Waals surface area contributed by atoms with Gasteiger partial charge in [0.1, 0.15) is 0 Å². The van der Waals surface area contributed by atoms with E-state index in [1.165, 1.54) is 13.0 Å². The molecule has 0 spiro atoms. The summed E-state index contributed by atoms with van der Waals surface area (Å²) in [5, 5.41) is 2.68. The van der Waals surface area contributed by atoms with E-state index in [4.69, 9.17) is 5.73 Å². The number of alkyl halides is 3. The van der Waals surface area contributed by atoms with Crippen LogP contribution < -0.4 is 11.1 Å². The number of nitrogens with two attached hydrogens (primary N) is 1. The Morgan fingerprint density at radius 2 is 1.81 bits per heavy atom. The minimum Gasteiger partial charge on any atom is -0.348 e. The minimum absolute atomic E-state index is 0. The van der Waals surface area contributed by atoms with E-state index >= 15 is 0 Å². The fraction of sp³-hybridized carbons (Fsp3) is 0.500. The molecular weight excluding hydrogens is 305 g/mol. The van der Waals surface area contributed by atoms with Crippen molar-refractivity contribution in [1.29, 1.82) is 0 Å². The fourth-order valence-electron chi connectivity index (χ4n) is 1.83. The standard InChI is InChI=1S/C14H19F3N2O.ClH/c1-8(2)12(19-13(20)9(3)18)10-5-4-6-11(7-10)14(15,16)17;/h4-9,12H,18H2,1-3H3,(H,19,20);1H/t9-,12?;/m0./s1. The number of amides is 1. The average molecular weight is 325 g/mol. The van der Waals surface area contributed by atoms with Crippen LogP contribution in [0.15, 0.2) is 24.3 Å². The highest BCUT2D eigenvalue weighted by Gasteiger charge is 2.31. The lowest BCUT2D eigenvalue weighted by Gasteiger charge is -2.24. The van der Waals surface area contributed by atoms with Gasteiger partial charge in [0.25, 0.3) is 0 Å². The minimum atomic E-state index is -4.40. The van der Waals surface area contributed by atoms with E-state index in [0.717, 1.165) is 12.1 Å². The number of benzene rings is 1. The molecule has 2 atom stereocenters. The second kappa shape index (κ2) is 7.66. The quantitative estimate of drug-likeness (QED) is 0.893. The number of hydrogen-bond acceptors (Lipinski definition) is 2. The molecule has 0 radical (unpaired) electrons. The predicted molar refractivity (Wildman–Crippen MR) is 78.1 cm³/mol. The maximum Gasteiger partial charge on any atom is 0.416 e. The Kier molecular flexibility index (Phi) is 7.19. The number of rotatable bonds is 4. The molecule has 0 saturated carbocycles. The monoisotopic (exact) mass is 324 g/mol. The van der Waals surface area contributed by atoms with Crippen molar-refractivity contribution in [3.8, 4) is 0 Å². The van der Waals surface area contributed by atoms with Gasteiger partial charge in [0, 0.05) is 0 Å². The number of halogens is 4. The Bertz CT molecular complexity index is 476. The van der Waals surface area contributed by atoms with E-state index in [2.05, 4.69) is 5.32 Å². The maximum atomic E-state index is 12.7. The molecule has 0 saturated heterocycles. The number of hydrogen-bond donors (Lipinski definition) is 2. The molecule has 1 aromatic carbocycles. The van der Waals surface area contributed by atoms with Crippen LogP contribution in [0.25, 0.3) is 0 Å². The first kappa shape index (κ1) is 19.7. The molecule has 0 bridgehead atoms. The Balaban J connectivity index is 0.00000400. The van der Waals surface area contributed by atoms with Crippen LogP contribution in [0.1, 0.15) is 37.9 Å². The lowest BCUT2D eigenvalue weighted by Crippen LogP contribution is -2.41. The van der Waals surface area contributed by atoms with Gasteiger partial charge in [-0.25, -0.2) is 0 Å². The second-order valence-electron chi connectivity index (χ2n) is 5.14. The summed E-state index contributed by atoms with van der Waals surface area (Å²) in [6.07, 6.45) is -4.40. The summed E-state index contributed by atoms with van der Waals surface area (Å²) in [6.45, 7) is 5.18. The number of carbonyl (C=O) groups excluding carboxylic acids is 1. The third kappa shape index (κ3) is 5.55. The van der Waals surface area contributed by atoms with Gasteiger partial charge in [-0.2, -0.15) is 13.2 Å². The van der Waals surface area contributed by atoms with Crippen LogP contribution in [0.4, 0.5) is 13.2 Å². The third-order valence-corrected chi connectivity index (χ3v) is 2.95. The fourth-order valence-corrected chi connectivity index (χ4v) is 1.83. The van der Waals surface area contributed by atoms with Crippen molar-refractivity contribution in [3.05, 3.63) is 35.4 Å². The van der Waals surface area contributed by atoms with Gasteiger partial charge >= 0.3 is 6.18 Å². The molecule has 3 nitrogen and oxygen atoms in total. The van der Waals surface area contributed by atoms with Crippen LogP contribution in [0.2, 0.25) is 0 Å². The zero-order chi connectivity index (χ0) is 15.5. The summed E-state index contributed by atoms with van der Waals surface area (Å²) in [6, 6.07) is 3.77. The molecule has 0 heterocycles. The van der Waals surface area contributed by atoms with E-state index in [0.29, 0.717) is 5.56 Å². The first-order valence-electron chi connectivity index (χ1n) is 6.36. The van der Waals surface area contributed by atoms with Crippen LogP contribution in [-0.2, 0) is 11.0 Å². The van der Waals surface area contributed by atoms with Crippen molar-refractivity contribution in [1.82, 2.24) is 5.32 Å². The zero-order valence-corrected chi connectivity index (χ0v) is 12.9. The summed E-state index contributed by atoms with van der Waals surface area (Å²) in [4.78, 5) is 11.7. The number of nitrogens with one attached hydrogen (secondary N) is 1. The van der Waals surface area contributed by atoms with E-state index in [1.807, 2.05) is 13.8 Å². The van der Waals surface area contributed by atoms with Crippen molar-refractivity contribution < 1.29 is 18.0 Å². The summed E-state index contributed by atoms with van der Waals surface area (Å²) >= 11 is 0. The second-order valence-corrected chi connectivity index (χ2v) is 5.14. The van der Waals surface area contributed by atoms with Crippen molar-refractivity contribution in [3.63, 3.8) is 0 Å². The van der Waals surface area contributed by atoms with Crippen LogP contribution in [0.3, 0.4) is 0 Å². The van der Waals surface area contributed by atoms with Gasteiger partial charge in [0.05, 0.1) is 17.6 Å². The Hall–Kier alpha value is -1.27. The van der Waals surface area contributed by atoms with Crippen molar-refractivity contribution >= 4 is 18.3 Å². The molecule has 1 unspecified atom stereocenters. The molecule has 0 aliphatic heterocycles. The molecule has 0 aromatic heterocycles. The Morgan fingerprint density at radius 3 is 2.24 bits per heavy atom. The highest BCUT2D eigenvalue weighted by Crippen LogP contribution is 2.32. The first-order valence-corrected chi connectivity index (χ1v) is 6.36. The molecule has 1 aromatic rings. The van der Waals surface area contributed by atoms with Gasteiger partial charge < -0.3 is 11.1 Å². The maximum absolute atomic E-state index is 12.7. The largest absolute Gasteiger partial charge is 0.416 e. The number of carbonyl (C=O) groups is 1. The van der Waals surface area contributed by atoms with E-state index < -0.39 is 23.8 Å². The van der Waals surface area contributed by atoms with Crippen molar-refractivity contribution in [2.24, 2.45) is 11.7 Å². The summed E-state index contributed by atoms with van der Waals surface area (Å²) in [5.41, 5.74) is 5.16. The molecule has 21 heavy (non-hydrogen) atoms. The van der Waals surface area contributed by atoms with E-state index in [-0.39, 0.29) is 24.2 Å². The van der Waals surface area contributed by atoms with Gasteiger partial charge in [-0.15, -0.1) is 12.4 Å². The van der Waals surface area contributed by atoms with E-state index in [1.54, 1.807) is 6.07 Å². The van der Waals surface area contributed by atoms with Gasteiger partial charge in [0.15, 0.2) is 0 Å². The molecular formula is C14H20ClF3N2O. The smallest absolute Gasteiger partial charge is 0.348 e. The Labute approximate surface area is 128 Å². The average Bonchev–Trinajstić information content (AvgIpc) is 2.34. The molecule has 1 rings (SSSR count). The third-order valence-electron chi connectivity index (χ3n) is 2.95. The van der Waals surface area contributed by atoms with Crippen LogP contribution in [0.5, 0.6) is 0 Å². The topological polar surface area (TPSA) is 55.1 Å². The van der Waals surface area contributed by atoms with E-state index in [9.17, 15) is 18.0 Å². The lowest BCUT2D eigenvalue weighted by atomic mass is 9.94. The first-order chi connectivity index (χ1) is 9.12. The van der Waals surface area contributed by atoms with Crippen molar-refractivity contribution in [2.45, 2.75) is 39.0 Å². The van der Waals surface area contributed by atoms with Gasteiger partial charge in [-0.05, 0) is 30.5 Å². The predicted octanol–water partition coefficient (Wildman–Crippen LogP) is 3.29. The van der Waals surface area contributed by atoms with Gasteiger partial charge in [-0.3, -0.25) is 4.79 Å². The van der Waals surface area contributed by atoms with Crippen LogP contribution >= 0.6 is 12.4 Å². The molecule has 0 aliphatic rings. The lowest BCUT2D eigenvalue weighted by molar-refractivity contribution is -0.137. The highest BCUT2D eigenvalue weighted by atomic mass is 35.5. The Morgan fingerprint density at radius 1 is 1.24 bits per heavy atom. The molecule has 1 amide bonds. The van der Waals surface area contributed by atoms with Crippen LogP contribution in [0, 0.1) is 5.92 Å². The molecule has 3 N–H and O–H groups in total. The molecule has 7 heteroatoms. The van der Waals surface area contributed by atoms with Gasteiger partial charge in [-0.1, -0.05) is 26.0 Å². The summed E-state index contributed by atoms with van der Waals surface area (Å²) in [5.74, 6) is -0.442. The summed E-state index contributed by atoms with van der Waals surface area (Å²) < 4.78 is 38.1. The van der Waals surface area contributed by atoms with Gasteiger partial charge in [0.2, 0.25) is 5.91 Å². The molecule has 0 fully saturated rings. The van der Waals surface area contributed by atoms with Crippen LogP contribution in [-0.4, -0.2) is 11.9 Å². The summed E-state index contributed by atoms with van der Waals surface area (Å²) in [7, 11) is 0.